The van der Waals surface area contributed by atoms with Gasteiger partial charge in [0.05, 0.1) is 12.7 Å². The zero-order valence-corrected chi connectivity index (χ0v) is 17.7. The molecule has 154 valence electrons. The van der Waals surface area contributed by atoms with Gasteiger partial charge in [0.15, 0.2) is 11.2 Å². The molecule has 0 atom stereocenters. The standard InChI is InChI=1S/C24H18ClN3O3/c1-14-21(22(29)24-27-23-20(31-24)4-3-11-26-23)18-12-17(30-2)9-10-19(18)28(14)13-15-5-7-16(25)8-6-15/h3-12H,13H2,1-2H3. The van der Waals surface area contributed by atoms with E-state index in [0.717, 1.165) is 22.2 Å². The van der Waals surface area contributed by atoms with Crippen molar-refractivity contribution in [3.63, 3.8) is 0 Å². The van der Waals surface area contributed by atoms with Gasteiger partial charge in [-0.2, -0.15) is 4.98 Å². The highest BCUT2D eigenvalue weighted by Gasteiger charge is 2.25. The highest BCUT2D eigenvalue weighted by Crippen LogP contribution is 2.32. The topological polar surface area (TPSA) is 70.2 Å². The normalized spacial score (nSPS) is 11.3. The number of oxazole rings is 1. The minimum atomic E-state index is -0.288. The Morgan fingerprint density at radius 1 is 1.16 bits per heavy atom. The number of ether oxygens (including phenoxy) is 1. The molecule has 0 radical (unpaired) electrons. The van der Waals surface area contributed by atoms with Crippen LogP contribution in [-0.2, 0) is 6.54 Å². The number of carbonyl (C=O) groups excluding carboxylic acids is 1. The van der Waals surface area contributed by atoms with Gasteiger partial charge < -0.3 is 13.7 Å². The van der Waals surface area contributed by atoms with Gasteiger partial charge in [-0.3, -0.25) is 4.79 Å². The number of fused-ring (bicyclic) bond motifs is 2. The number of carbonyl (C=O) groups is 1. The SMILES string of the molecule is COc1ccc2c(c1)c(C(=O)c1nc3ncccc3o1)c(C)n2Cc1ccc(Cl)cc1. The molecule has 0 spiro atoms. The van der Waals surface area contributed by atoms with E-state index in [0.29, 0.717) is 34.1 Å². The monoisotopic (exact) mass is 431 g/mol. The minimum Gasteiger partial charge on any atom is -0.497 e. The molecule has 2 aromatic carbocycles. The summed E-state index contributed by atoms with van der Waals surface area (Å²) in [5.41, 5.74) is 4.24. The third kappa shape index (κ3) is 3.35. The highest BCUT2D eigenvalue weighted by atomic mass is 35.5. The Labute approximate surface area is 183 Å². The number of hydrogen-bond donors (Lipinski definition) is 0. The lowest BCUT2D eigenvalue weighted by atomic mass is 10.1. The van der Waals surface area contributed by atoms with Crippen molar-refractivity contribution in [2.45, 2.75) is 13.5 Å². The Morgan fingerprint density at radius 3 is 2.71 bits per heavy atom. The van der Waals surface area contributed by atoms with Gasteiger partial charge in [-0.1, -0.05) is 23.7 Å². The molecule has 0 aliphatic rings. The second kappa shape index (κ2) is 7.56. The molecule has 3 heterocycles. The summed E-state index contributed by atoms with van der Waals surface area (Å²) in [6.07, 6.45) is 1.62. The quantitative estimate of drug-likeness (QED) is 0.347. The summed E-state index contributed by atoms with van der Waals surface area (Å²) in [6, 6.07) is 16.9. The van der Waals surface area contributed by atoms with Crippen LogP contribution in [-0.4, -0.2) is 27.4 Å². The predicted octanol–water partition coefficient (Wildman–Crippen LogP) is 5.43. The summed E-state index contributed by atoms with van der Waals surface area (Å²) in [7, 11) is 1.60. The molecule has 0 aliphatic carbocycles. The minimum absolute atomic E-state index is 0.0187. The van der Waals surface area contributed by atoms with Gasteiger partial charge in [0.2, 0.25) is 0 Å². The van der Waals surface area contributed by atoms with Crippen LogP contribution >= 0.6 is 11.6 Å². The van der Waals surface area contributed by atoms with Gasteiger partial charge in [-0.05, 0) is 55.0 Å². The average molecular weight is 432 g/mol. The maximum absolute atomic E-state index is 13.5. The molecule has 5 rings (SSSR count). The van der Waals surface area contributed by atoms with E-state index in [1.54, 1.807) is 25.4 Å². The first-order valence-corrected chi connectivity index (χ1v) is 10.1. The summed E-state index contributed by atoms with van der Waals surface area (Å²) in [5, 5.41) is 1.47. The zero-order chi connectivity index (χ0) is 21.5. The third-order valence-corrected chi connectivity index (χ3v) is 5.62. The fourth-order valence-corrected chi connectivity index (χ4v) is 3.95. The molecule has 3 aromatic heterocycles. The fourth-order valence-electron chi connectivity index (χ4n) is 3.82. The van der Waals surface area contributed by atoms with E-state index in [1.807, 2.05) is 49.4 Å². The molecule has 7 heteroatoms. The molecule has 5 aromatic rings. The van der Waals surface area contributed by atoms with Crippen molar-refractivity contribution >= 4 is 39.5 Å². The second-order valence-electron chi connectivity index (χ2n) is 7.23. The number of nitrogens with zero attached hydrogens (tertiary/aromatic N) is 3. The fraction of sp³-hybridized carbons (Fsp3) is 0.125. The molecule has 0 unspecified atom stereocenters. The third-order valence-electron chi connectivity index (χ3n) is 5.37. The van der Waals surface area contributed by atoms with Crippen molar-refractivity contribution in [3.8, 4) is 5.75 Å². The smallest absolute Gasteiger partial charge is 0.271 e. The van der Waals surface area contributed by atoms with Crippen LogP contribution in [0.5, 0.6) is 5.75 Å². The Balaban J connectivity index is 1.68. The molecule has 0 saturated carbocycles. The molecule has 6 nitrogen and oxygen atoms in total. The molecule has 0 amide bonds. The first-order valence-electron chi connectivity index (χ1n) is 9.72. The van der Waals surface area contributed by atoms with E-state index in [2.05, 4.69) is 14.5 Å². The summed E-state index contributed by atoms with van der Waals surface area (Å²) in [6.45, 7) is 2.52. The van der Waals surface area contributed by atoms with E-state index in [9.17, 15) is 4.79 Å². The van der Waals surface area contributed by atoms with Crippen molar-refractivity contribution in [3.05, 3.63) is 88.5 Å². The molecular weight excluding hydrogens is 414 g/mol. The maximum Gasteiger partial charge on any atom is 0.271 e. The van der Waals surface area contributed by atoms with Crippen molar-refractivity contribution in [2.24, 2.45) is 0 Å². The first kappa shape index (κ1) is 19.3. The molecule has 0 aliphatic heterocycles. The Bertz CT molecular complexity index is 1400. The maximum atomic E-state index is 13.5. The van der Waals surface area contributed by atoms with E-state index in [-0.39, 0.29) is 11.7 Å². The van der Waals surface area contributed by atoms with Crippen molar-refractivity contribution in [2.75, 3.05) is 7.11 Å². The lowest BCUT2D eigenvalue weighted by molar-refractivity contribution is 0.101. The number of halogens is 1. The van der Waals surface area contributed by atoms with Crippen LogP contribution in [0.1, 0.15) is 27.5 Å². The molecule has 0 bridgehead atoms. The van der Waals surface area contributed by atoms with Crippen LogP contribution in [0.15, 0.2) is 65.2 Å². The number of benzene rings is 2. The van der Waals surface area contributed by atoms with Crippen LogP contribution in [0.3, 0.4) is 0 Å². The van der Waals surface area contributed by atoms with Crippen LogP contribution in [0, 0.1) is 6.92 Å². The number of aromatic nitrogens is 3. The number of methoxy groups -OCH3 is 1. The summed E-state index contributed by atoms with van der Waals surface area (Å²) < 4.78 is 13.2. The van der Waals surface area contributed by atoms with Crippen molar-refractivity contribution < 1.29 is 13.9 Å². The lowest BCUT2D eigenvalue weighted by Crippen LogP contribution is -2.06. The second-order valence-corrected chi connectivity index (χ2v) is 7.67. The summed E-state index contributed by atoms with van der Waals surface area (Å²) in [4.78, 5) is 22.0. The van der Waals surface area contributed by atoms with E-state index < -0.39 is 0 Å². The van der Waals surface area contributed by atoms with Crippen LogP contribution in [0.2, 0.25) is 5.02 Å². The lowest BCUT2D eigenvalue weighted by Gasteiger charge is -2.09. The van der Waals surface area contributed by atoms with E-state index >= 15 is 0 Å². The average Bonchev–Trinajstić information content (AvgIpc) is 3.34. The van der Waals surface area contributed by atoms with Gasteiger partial charge in [-0.15, -0.1) is 0 Å². The van der Waals surface area contributed by atoms with Gasteiger partial charge in [0.1, 0.15) is 5.75 Å². The molecule has 0 fully saturated rings. The van der Waals surface area contributed by atoms with Gasteiger partial charge in [-0.25, -0.2) is 4.98 Å². The van der Waals surface area contributed by atoms with Crippen molar-refractivity contribution in [1.82, 2.24) is 14.5 Å². The molecular formula is C24H18ClN3O3. The molecule has 0 N–H and O–H groups in total. The van der Waals surface area contributed by atoms with E-state index in [1.165, 1.54) is 0 Å². The number of ketones is 1. The molecule has 31 heavy (non-hydrogen) atoms. The Kier molecular flexibility index (Phi) is 4.71. The van der Waals surface area contributed by atoms with E-state index in [4.69, 9.17) is 20.8 Å². The number of pyridine rings is 1. The van der Waals surface area contributed by atoms with Crippen molar-refractivity contribution in [1.29, 1.82) is 0 Å². The Hall–Kier alpha value is -3.64. The largest absolute Gasteiger partial charge is 0.497 e. The number of hydrogen-bond acceptors (Lipinski definition) is 5. The van der Waals surface area contributed by atoms with Gasteiger partial charge >= 0.3 is 0 Å². The zero-order valence-electron chi connectivity index (χ0n) is 16.9. The number of rotatable bonds is 5. The summed E-state index contributed by atoms with van der Waals surface area (Å²) in [5.74, 6) is 0.401. The first-order chi connectivity index (χ1) is 15.0. The Morgan fingerprint density at radius 2 is 1.97 bits per heavy atom. The van der Waals surface area contributed by atoms with Gasteiger partial charge in [0, 0.05) is 34.4 Å². The highest BCUT2D eigenvalue weighted by molar-refractivity contribution is 6.30. The van der Waals surface area contributed by atoms with Crippen LogP contribution < -0.4 is 4.74 Å². The van der Waals surface area contributed by atoms with Crippen LogP contribution in [0.4, 0.5) is 0 Å². The van der Waals surface area contributed by atoms with Crippen LogP contribution in [0.25, 0.3) is 22.1 Å². The van der Waals surface area contributed by atoms with Gasteiger partial charge in [0.25, 0.3) is 11.7 Å². The predicted molar refractivity (Wildman–Crippen MR) is 119 cm³/mol. The summed E-state index contributed by atoms with van der Waals surface area (Å²) >= 11 is 6.03. The molecule has 0 saturated heterocycles.